The SMILES string of the molecule is Cc1nc(C)nc(-c2ccc3c4ccccc4n(-c4cc(C#N)cc(-n5c6ccccc6c6ccc(-c7nc(C)nc(C)n7)cc65)c4-c4ccncc4)c3c2)n1. The summed E-state index contributed by atoms with van der Waals surface area (Å²) in [6.45, 7) is 7.53. The zero-order valence-electron chi connectivity index (χ0n) is 31.0. The molecule has 0 bridgehead atoms. The highest BCUT2D eigenvalue weighted by Crippen LogP contribution is 2.43. The summed E-state index contributed by atoms with van der Waals surface area (Å²) in [6.07, 6.45) is 3.62. The lowest BCUT2D eigenvalue weighted by Gasteiger charge is -2.21. The highest BCUT2D eigenvalue weighted by Gasteiger charge is 2.24. The first-order valence-corrected chi connectivity index (χ1v) is 18.3. The van der Waals surface area contributed by atoms with E-state index in [1.54, 1.807) is 0 Å². The van der Waals surface area contributed by atoms with E-state index in [0.717, 1.165) is 77.2 Å². The number of fused-ring (bicyclic) bond motifs is 6. The highest BCUT2D eigenvalue weighted by molar-refractivity contribution is 6.13. The van der Waals surface area contributed by atoms with Crippen molar-refractivity contribution < 1.29 is 0 Å². The molecule has 0 spiro atoms. The fraction of sp³-hybridized carbons (Fsp3) is 0.0870. The van der Waals surface area contributed by atoms with Crippen LogP contribution in [0, 0.1) is 39.0 Å². The van der Waals surface area contributed by atoms with Gasteiger partial charge in [-0.2, -0.15) is 5.26 Å². The van der Waals surface area contributed by atoms with Crippen LogP contribution in [0.15, 0.2) is 122 Å². The van der Waals surface area contributed by atoms with Crippen LogP contribution in [0.25, 0.3) is 88.9 Å². The predicted molar refractivity (Wildman–Crippen MR) is 220 cm³/mol. The Morgan fingerprint density at radius 2 is 0.875 bits per heavy atom. The number of aromatic nitrogens is 9. The van der Waals surface area contributed by atoms with Crippen molar-refractivity contribution in [1.29, 1.82) is 5.26 Å². The van der Waals surface area contributed by atoms with Gasteiger partial charge in [-0.15, -0.1) is 0 Å². The second kappa shape index (κ2) is 12.7. The normalized spacial score (nSPS) is 11.6. The van der Waals surface area contributed by atoms with Gasteiger partial charge >= 0.3 is 0 Å². The fourth-order valence-corrected chi connectivity index (χ4v) is 8.07. The average Bonchev–Trinajstić information content (AvgIpc) is 3.72. The van der Waals surface area contributed by atoms with Gasteiger partial charge in [0.2, 0.25) is 0 Å². The van der Waals surface area contributed by atoms with Crippen molar-refractivity contribution in [2.45, 2.75) is 27.7 Å². The minimum absolute atomic E-state index is 0.518. The molecule has 10 nitrogen and oxygen atoms in total. The third kappa shape index (κ3) is 5.28. The van der Waals surface area contributed by atoms with E-state index in [0.29, 0.717) is 40.5 Å². The lowest BCUT2D eigenvalue weighted by Crippen LogP contribution is -2.05. The molecule has 0 aliphatic rings. The van der Waals surface area contributed by atoms with Crippen molar-refractivity contribution in [2.24, 2.45) is 0 Å². The van der Waals surface area contributed by atoms with Gasteiger partial charge in [0, 0.05) is 50.6 Å². The molecule has 0 fully saturated rings. The third-order valence-electron chi connectivity index (χ3n) is 10.3. The lowest BCUT2D eigenvalue weighted by molar-refractivity contribution is 0.928. The maximum atomic E-state index is 10.8. The van der Waals surface area contributed by atoms with E-state index in [-0.39, 0.29) is 0 Å². The Balaban J connectivity index is 1.35. The number of aryl methyl sites for hydroxylation is 4. The largest absolute Gasteiger partial charge is 0.308 e. The summed E-state index contributed by atoms with van der Waals surface area (Å²) in [7, 11) is 0. The number of nitrogens with zero attached hydrogens (tertiary/aromatic N) is 10. The number of pyridine rings is 1. The van der Waals surface area contributed by atoms with E-state index in [2.05, 4.69) is 115 Å². The van der Waals surface area contributed by atoms with Crippen LogP contribution in [0.4, 0.5) is 0 Å². The van der Waals surface area contributed by atoms with E-state index >= 15 is 0 Å². The van der Waals surface area contributed by atoms with Crippen molar-refractivity contribution in [3.63, 3.8) is 0 Å². The second-order valence-corrected chi connectivity index (χ2v) is 13.9. The summed E-state index contributed by atoms with van der Waals surface area (Å²) in [5.41, 5.74) is 9.77. The zero-order chi connectivity index (χ0) is 38.1. The van der Waals surface area contributed by atoms with Gasteiger partial charge in [0.15, 0.2) is 11.6 Å². The second-order valence-electron chi connectivity index (χ2n) is 13.9. The molecule has 56 heavy (non-hydrogen) atoms. The van der Waals surface area contributed by atoms with Gasteiger partial charge < -0.3 is 9.13 Å². The van der Waals surface area contributed by atoms with Gasteiger partial charge in [-0.1, -0.05) is 60.7 Å². The van der Waals surface area contributed by atoms with Gasteiger partial charge in [0.25, 0.3) is 0 Å². The minimum atomic E-state index is 0.518. The van der Waals surface area contributed by atoms with E-state index < -0.39 is 0 Å². The maximum absolute atomic E-state index is 10.8. The molecule has 10 aromatic rings. The molecule has 0 N–H and O–H groups in total. The van der Waals surface area contributed by atoms with Crippen LogP contribution in [0.1, 0.15) is 28.9 Å². The van der Waals surface area contributed by atoms with Crippen LogP contribution in [0.2, 0.25) is 0 Å². The summed E-state index contributed by atoms with van der Waals surface area (Å²) in [5, 5.41) is 15.1. The molecule has 0 saturated heterocycles. The summed E-state index contributed by atoms with van der Waals surface area (Å²) in [6, 6.07) is 40.0. The average molecular weight is 725 g/mol. The smallest absolute Gasteiger partial charge is 0.163 e. The van der Waals surface area contributed by atoms with Gasteiger partial charge in [-0.25, -0.2) is 29.9 Å². The monoisotopic (exact) mass is 724 g/mol. The van der Waals surface area contributed by atoms with Gasteiger partial charge in [0.1, 0.15) is 23.3 Å². The van der Waals surface area contributed by atoms with E-state index in [4.69, 9.17) is 19.9 Å². The molecule has 0 saturated carbocycles. The van der Waals surface area contributed by atoms with Gasteiger partial charge in [0.05, 0.1) is 45.1 Å². The molecule has 10 rings (SSSR count). The van der Waals surface area contributed by atoms with E-state index in [1.807, 2.05) is 64.4 Å². The minimum Gasteiger partial charge on any atom is -0.308 e. The molecule has 5 aromatic heterocycles. The number of para-hydroxylation sites is 2. The molecule has 0 atom stereocenters. The standard InChI is InChI=1S/C46H32N10/c1-26-49-27(2)52-45(51-26)32-13-15-36-34-9-5-7-11-38(34)55(40(36)23-32)42-21-30(25-47)22-43(44(42)31-17-19-48-20-18-31)56-39-12-8-6-10-35(39)37-16-14-33(24-41(37)56)46-53-28(3)50-29(4)54-46/h5-24H,1-4H3. The van der Waals surface area contributed by atoms with Crippen molar-refractivity contribution in [3.8, 4) is 51.3 Å². The van der Waals surface area contributed by atoms with Crippen molar-refractivity contribution >= 4 is 43.6 Å². The number of benzene rings is 5. The number of hydrogen-bond acceptors (Lipinski definition) is 8. The molecule has 0 radical (unpaired) electrons. The summed E-state index contributed by atoms with van der Waals surface area (Å²) < 4.78 is 4.54. The van der Waals surface area contributed by atoms with Crippen LogP contribution in [0.3, 0.4) is 0 Å². The van der Waals surface area contributed by atoms with Gasteiger partial charge in [-0.05, 0) is 81.8 Å². The molecule has 0 aliphatic carbocycles. The Bertz CT molecular complexity index is 3030. The van der Waals surface area contributed by atoms with Gasteiger partial charge in [-0.3, -0.25) is 4.98 Å². The van der Waals surface area contributed by atoms with Crippen LogP contribution in [-0.4, -0.2) is 44.0 Å². The highest BCUT2D eigenvalue weighted by atomic mass is 15.0. The third-order valence-corrected chi connectivity index (χ3v) is 10.3. The Labute approximate surface area is 321 Å². The Morgan fingerprint density at radius 3 is 1.32 bits per heavy atom. The van der Waals surface area contributed by atoms with Crippen LogP contribution >= 0.6 is 0 Å². The van der Waals surface area contributed by atoms with E-state index in [9.17, 15) is 5.26 Å². The molecule has 5 heterocycles. The van der Waals surface area contributed by atoms with Crippen LogP contribution in [0.5, 0.6) is 0 Å². The molecule has 266 valence electrons. The molecular weight excluding hydrogens is 693 g/mol. The van der Waals surface area contributed by atoms with E-state index in [1.165, 1.54) is 0 Å². The number of rotatable bonds is 5. The summed E-state index contributed by atoms with van der Waals surface area (Å²) in [4.78, 5) is 32.1. The summed E-state index contributed by atoms with van der Waals surface area (Å²) >= 11 is 0. The number of nitriles is 1. The molecule has 10 heteroatoms. The van der Waals surface area contributed by atoms with Crippen molar-refractivity contribution in [2.75, 3.05) is 0 Å². The Hall–Kier alpha value is -7.64. The predicted octanol–water partition coefficient (Wildman–Crippen LogP) is 9.75. The Morgan fingerprint density at radius 1 is 0.446 bits per heavy atom. The quantitative estimate of drug-likeness (QED) is 0.172. The summed E-state index contributed by atoms with van der Waals surface area (Å²) in [5.74, 6) is 3.87. The fourth-order valence-electron chi connectivity index (χ4n) is 8.07. The van der Waals surface area contributed by atoms with Crippen LogP contribution in [-0.2, 0) is 0 Å². The molecule has 5 aromatic carbocycles. The number of hydrogen-bond donors (Lipinski definition) is 0. The van der Waals surface area contributed by atoms with Crippen molar-refractivity contribution in [3.05, 3.63) is 150 Å². The molecule has 0 aliphatic heterocycles. The molecule has 0 amide bonds. The first-order chi connectivity index (χ1) is 27.3. The van der Waals surface area contributed by atoms with Crippen LogP contribution < -0.4 is 0 Å². The Kier molecular flexibility index (Phi) is 7.50. The lowest BCUT2D eigenvalue weighted by atomic mass is 9.98. The first-order valence-electron chi connectivity index (χ1n) is 18.3. The van der Waals surface area contributed by atoms with Crippen molar-refractivity contribution in [1.82, 2.24) is 44.0 Å². The first kappa shape index (κ1) is 33.0. The zero-order valence-corrected chi connectivity index (χ0v) is 31.0. The molecular formula is C46H32N10. The maximum Gasteiger partial charge on any atom is 0.163 e. The molecule has 0 unspecified atom stereocenters. The topological polar surface area (TPSA) is 124 Å².